The van der Waals surface area contributed by atoms with E-state index < -0.39 is 0 Å². The fourth-order valence-electron chi connectivity index (χ4n) is 1.33. The first-order valence-corrected chi connectivity index (χ1v) is 5.64. The lowest BCUT2D eigenvalue weighted by Crippen LogP contribution is -2.38. The van der Waals surface area contributed by atoms with Gasteiger partial charge in [0.2, 0.25) is 0 Å². The number of aromatic hydroxyl groups is 1. The maximum absolute atomic E-state index is 12.9. The Bertz CT molecular complexity index is 410. The first kappa shape index (κ1) is 14.2. The predicted octanol–water partition coefficient (Wildman–Crippen LogP) is 0.892. The van der Waals surface area contributed by atoms with Crippen LogP contribution in [0, 0.1) is 5.82 Å². The molecule has 0 unspecified atom stereocenters. The van der Waals surface area contributed by atoms with Gasteiger partial charge in [0, 0.05) is 39.3 Å². The minimum absolute atomic E-state index is 0.0567. The third kappa shape index (κ3) is 4.58. The molecule has 0 saturated heterocycles. The molecule has 5 nitrogen and oxygen atoms in total. The van der Waals surface area contributed by atoms with Gasteiger partial charge in [-0.1, -0.05) is 0 Å². The molecule has 0 heterocycles. The van der Waals surface area contributed by atoms with Crippen molar-refractivity contribution in [2.24, 2.45) is 0 Å². The molecule has 0 aliphatic carbocycles. The van der Waals surface area contributed by atoms with Gasteiger partial charge in [-0.3, -0.25) is 0 Å². The fraction of sp³-hybridized carbons (Fsp3) is 0.417. The molecule has 6 heteroatoms. The van der Waals surface area contributed by atoms with Gasteiger partial charge in [0.15, 0.2) is 0 Å². The van der Waals surface area contributed by atoms with E-state index >= 15 is 0 Å². The van der Waals surface area contributed by atoms with E-state index in [4.69, 9.17) is 0 Å². The van der Waals surface area contributed by atoms with Crippen LogP contribution in [0.15, 0.2) is 18.2 Å². The van der Waals surface area contributed by atoms with Gasteiger partial charge in [0.25, 0.3) is 0 Å². The number of carbonyl (C=O) groups is 1. The molecule has 0 aliphatic rings. The van der Waals surface area contributed by atoms with Crippen molar-refractivity contribution in [2.45, 2.75) is 6.54 Å². The van der Waals surface area contributed by atoms with E-state index in [9.17, 15) is 14.3 Å². The number of phenols is 1. The van der Waals surface area contributed by atoms with Crippen molar-refractivity contribution in [1.29, 1.82) is 0 Å². The Morgan fingerprint density at radius 3 is 2.78 bits per heavy atom. The SMILES string of the molecule is CN(C)C(=O)NCCNCc1cc(F)ccc1O. The van der Waals surface area contributed by atoms with E-state index in [1.807, 2.05) is 0 Å². The van der Waals surface area contributed by atoms with Crippen LogP contribution in [0.5, 0.6) is 5.75 Å². The highest BCUT2D eigenvalue weighted by atomic mass is 19.1. The van der Waals surface area contributed by atoms with Crippen LogP contribution in [-0.2, 0) is 6.54 Å². The third-order valence-electron chi connectivity index (χ3n) is 2.34. The number of amides is 2. The molecule has 0 saturated carbocycles. The standard InChI is InChI=1S/C12H18FN3O2/c1-16(2)12(18)15-6-5-14-8-9-7-10(13)3-4-11(9)17/h3-4,7,14,17H,5-6,8H2,1-2H3,(H,15,18). The summed E-state index contributed by atoms with van der Waals surface area (Å²) in [6.45, 7) is 1.35. The topological polar surface area (TPSA) is 64.6 Å². The molecule has 100 valence electrons. The van der Waals surface area contributed by atoms with Gasteiger partial charge in [-0.05, 0) is 18.2 Å². The second-order valence-corrected chi connectivity index (χ2v) is 4.08. The van der Waals surface area contributed by atoms with Gasteiger partial charge in [0.05, 0.1) is 0 Å². The minimum Gasteiger partial charge on any atom is -0.508 e. The second kappa shape index (κ2) is 6.80. The van der Waals surface area contributed by atoms with Crippen LogP contribution in [0.2, 0.25) is 0 Å². The Hall–Kier alpha value is -1.82. The smallest absolute Gasteiger partial charge is 0.316 e. The summed E-state index contributed by atoms with van der Waals surface area (Å²) in [4.78, 5) is 12.6. The molecule has 2 amide bonds. The third-order valence-corrected chi connectivity index (χ3v) is 2.34. The summed E-state index contributed by atoms with van der Waals surface area (Å²) in [5, 5.41) is 15.2. The molecule has 0 radical (unpaired) electrons. The molecule has 18 heavy (non-hydrogen) atoms. The number of carbonyl (C=O) groups excluding carboxylic acids is 1. The van der Waals surface area contributed by atoms with E-state index in [-0.39, 0.29) is 17.6 Å². The zero-order chi connectivity index (χ0) is 13.5. The molecule has 0 atom stereocenters. The second-order valence-electron chi connectivity index (χ2n) is 4.08. The summed E-state index contributed by atoms with van der Waals surface area (Å²) >= 11 is 0. The molecule has 0 fully saturated rings. The molecule has 0 spiro atoms. The van der Waals surface area contributed by atoms with Gasteiger partial charge in [-0.2, -0.15) is 0 Å². The average Bonchev–Trinajstić information content (AvgIpc) is 2.32. The summed E-state index contributed by atoms with van der Waals surface area (Å²) in [5.41, 5.74) is 0.494. The van der Waals surface area contributed by atoms with Crippen LogP contribution in [0.25, 0.3) is 0 Å². The van der Waals surface area contributed by atoms with Crippen molar-refractivity contribution in [3.05, 3.63) is 29.6 Å². The largest absolute Gasteiger partial charge is 0.508 e. The fourth-order valence-corrected chi connectivity index (χ4v) is 1.33. The number of urea groups is 1. The summed E-state index contributed by atoms with van der Waals surface area (Å²) in [6, 6.07) is 3.64. The lowest BCUT2D eigenvalue weighted by molar-refractivity contribution is 0.217. The molecular weight excluding hydrogens is 237 g/mol. The van der Waals surface area contributed by atoms with E-state index in [0.29, 0.717) is 25.2 Å². The van der Waals surface area contributed by atoms with E-state index in [1.165, 1.54) is 23.1 Å². The van der Waals surface area contributed by atoms with Gasteiger partial charge in [-0.25, -0.2) is 9.18 Å². The van der Waals surface area contributed by atoms with Crippen LogP contribution in [0.3, 0.4) is 0 Å². The lowest BCUT2D eigenvalue weighted by atomic mass is 10.2. The van der Waals surface area contributed by atoms with E-state index in [0.717, 1.165) is 0 Å². The monoisotopic (exact) mass is 255 g/mol. The lowest BCUT2D eigenvalue weighted by Gasteiger charge is -2.12. The molecule has 1 aromatic carbocycles. The first-order chi connectivity index (χ1) is 8.50. The quantitative estimate of drug-likeness (QED) is 0.685. The van der Waals surface area contributed by atoms with Crippen molar-refractivity contribution in [1.82, 2.24) is 15.5 Å². The predicted molar refractivity (Wildman–Crippen MR) is 66.9 cm³/mol. The number of nitrogens with zero attached hydrogens (tertiary/aromatic N) is 1. The highest BCUT2D eigenvalue weighted by molar-refractivity contribution is 5.73. The Labute approximate surface area is 106 Å². The number of nitrogens with one attached hydrogen (secondary N) is 2. The molecule has 1 aromatic rings. The van der Waals surface area contributed by atoms with Crippen LogP contribution in [0.1, 0.15) is 5.56 Å². The molecule has 0 aliphatic heterocycles. The van der Waals surface area contributed by atoms with Gasteiger partial charge >= 0.3 is 6.03 Å². The number of benzene rings is 1. The minimum atomic E-state index is -0.384. The normalized spacial score (nSPS) is 10.2. The van der Waals surface area contributed by atoms with Gasteiger partial charge in [0.1, 0.15) is 11.6 Å². The van der Waals surface area contributed by atoms with Gasteiger partial charge in [-0.15, -0.1) is 0 Å². The molecule has 0 bridgehead atoms. The summed E-state index contributed by atoms with van der Waals surface area (Å²) in [7, 11) is 3.32. The number of halogens is 1. The van der Waals surface area contributed by atoms with E-state index in [1.54, 1.807) is 14.1 Å². The van der Waals surface area contributed by atoms with Crippen LogP contribution < -0.4 is 10.6 Å². The molecular formula is C12H18FN3O2. The van der Waals surface area contributed by atoms with Crippen LogP contribution in [0.4, 0.5) is 9.18 Å². The summed E-state index contributed by atoms with van der Waals surface area (Å²) in [5.74, 6) is -0.327. The van der Waals surface area contributed by atoms with Crippen LogP contribution >= 0.6 is 0 Å². The molecule has 3 N–H and O–H groups in total. The maximum atomic E-state index is 12.9. The van der Waals surface area contributed by atoms with Crippen molar-refractivity contribution in [3.8, 4) is 5.75 Å². The number of hydrogen-bond donors (Lipinski definition) is 3. The Morgan fingerprint density at radius 2 is 2.11 bits per heavy atom. The number of rotatable bonds is 5. The number of phenolic OH excluding ortho intramolecular Hbond substituents is 1. The number of hydrogen-bond acceptors (Lipinski definition) is 3. The zero-order valence-corrected chi connectivity index (χ0v) is 10.5. The molecule has 1 rings (SSSR count). The highest BCUT2D eigenvalue weighted by Gasteiger charge is 2.03. The highest BCUT2D eigenvalue weighted by Crippen LogP contribution is 2.17. The Morgan fingerprint density at radius 1 is 1.39 bits per heavy atom. The van der Waals surface area contributed by atoms with Crippen LogP contribution in [-0.4, -0.2) is 43.2 Å². The van der Waals surface area contributed by atoms with Crippen molar-refractivity contribution >= 4 is 6.03 Å². The Balaban J connectivity index is 2.26. The zero-order valence-electron chi connectivity index (χ0n) is 10.5. The molecule has 0 aromatic heterocycles. The van der Waals surface area contributed by atoms with Crippen molar-refractivity contribution < 1.29 is 14.3 Å². The maximum Gasteiger partial charge on any atom is 0.316 e. The summed E-state index contributed by atoms with van der Waals surface area (Å²) < 4.78 is 12.9. The van der Waals surface area contributed by atoms with E-state index in [2.05, 4.69) is 10.6 Å². The Kier molecular flexibility index (Phi) is 5.38. The average molecular weight is 255 g/mol. The van der Waals surface area contributed by atoms with Crippen molar-refractivity contribution in [2.75, 3.05) is 27.2 Å². The summed E-state index contributed by atoms with van der Waals surface area (Å²) in [6.07, 6.45) is 0. The van der Waals surface area contributed by atoms with Gasteiger partial charge < -0.3 is 20.6 Å². The first-order valence-electron chi connectivity index (χ1n) is 5.64. The van der Waals surface area contributed by atoms with Crippen molar-refractivity contribution in [3.63, 3.8) is 0 Å².